The Balaban J connectivity index is 0.00000155. The standard InChI is InChI=1S/C40H38Cl2N10O.C2H7P/c1-23-29-19-27(13-11-25(29)15-17-43-23)47-39-45-21-31(41)37(51-39)49-33-7-3-5-9-35(33)53-36-10-6-4-8-34(36)50-38-32(42)22-46-40(52-38)48-28-14-12-26-16-18-44-24(2)30(26)20-28;1-3-2/h3-14,19-24,43-44H,15-18H2,1-2H3,(H2,45,47,49,51)(H2,46,48,50,52);3H,1-2H3. The third kappa shape index (κ3) is 9.49. The van der Waals surface area contributed by atoms with E-state index < -0.39 is 0 Å². The maximum atomic E-state index is 6.60. The van der Waals surface area contributed by atoms with Gasteiger partial charge in [-0.05, 0) is 124 Å². The molecule has 6 aromatic rings. The van der Waals surface area contributed by atoms with Gasteiger partial charge in [0.25, 0.3) is 0 Å². The third-order valence-electron chi connectivity index (χ3n) is 9.42. The number of aromatic nitrogens is 4. The number of hydrogen-bond donors (Lipinski definition) is 6. The van der Waals surface area contributed by atoms with Crippen LogP contribution in [0.25, 0.3) is 0 Å². The minimum absolute atomic E-state index is 0.278. The van der Waals surface area contributed by atoms with Crippen molar-refractivity contribution in [3.63, 3.8) is 0 Å². The maximum Gasteiger partial charge on any atom is 0.229 e. The number of ether oxygens (including phenoxy) is 1. The zero-order valence-electron chi connectivity index (χ0n) is 31.7. The quantitative estimate of drug-likeness (QED) is 0.0739. The lowest BCUT2D eigenvalue weighted by Crippen LogP contribution is -2.27. The molecular weight excluding hydrogens is 762 g/mol. The van der Waals surface area contributed by atoms with Gasteiger partial charge in [0, 0.05) is 23.5 Å². The summed E-state index contributed by atoms with van der Waals surface area (Å²) in [7, 11) is 1.08. The molecule has 0 radical (unpaired) electrons. The van der Waals surface area contributed by atoms with Crippen LogP contribution in [0.1, 0.15) is 48.2 Å². The lowest BCUT2D eigenvalue weighted by atomic mass is 9.95. The number of para-hydroxylation sites is 4. The van der Waals surface area contributed by atoms with Crippen molar-refractivity contribution >= 4 is 78.1 Å². The summed E-state index contributed by atoms with van der Waals surface area (Å²) in [5.41, 5.74) is 8.36. The van der Waals surface area contributed by atoms with Crippen molar-refractivity contribution in [1.29, 1.82) is 0 Å². The van der Waals surface area contributed by atoms with Crippen molar-refractivity contribution in [2.24, 2.45) is 0 Å². The Kier molecular flexibility index (Phi) is 12.8. The highest BCUT2D eigenvalue weighted by molar-refractivity contribution is 7.35. The van der Waals surface area contributed by atoms with E-state index in [9.17, 15) is 0 Å². The van der Waals surface area contributed by atoms with E-state index in [1.54, 1.807) is 12.4 Å². The minimum atomic E-state index is 0.278. The predicted molar refractivity (Wildman–Crippen MR) is 233 cm³/mol. The lowest BCUT2D eigenvalue weighted by Gasteiger charge is -2.24. The third-order valence-corrected chi connectivity index (χ3v) is 9.97. The van der Waals surface area contributed by atoms with Crippen LogP contribution < -0.4 is 36.6 Å². The molecule has 2 aliphatic heterocycles. The van der Waals surface area contributed by atoms with E-state index in [-0.39, 0.29) is 12.1 Å². The molecule has 0 spiro atoms. The molecule has 0 bridgehead atoms. The van der Waals surface area contributed by atoms with Gasteiger partial charge in [0.15, 0.2) is 23.1 Å². The second-order valence-electron chi connectivity index (χ2n) is 13.6. The fourth-order valence-electron chi connectivity index (χ4n) is 6.65. The first-order valence-electron chi connectivity index (χ1n) is 18.6. The van der Waals surface area contributed by atoms with E-state index in [2.05, 4.69) is 105 Å². The van der Waals surface area contributed by atoms with Crippen molar-refractivity contribution in [2.45, 2.75) is 38.8 Å². The zero-order valence-corrected chi connectivity index (χ0v) is 34.2. The second-order valence-corrected chi connectivity index (χ2v) is 15.4. The molecule has 0 saturated heterocycles. The van der Waals surface area contributed by atoms with Gasteiger partial charge in [-0.15, -0.1) is 8.58 Å². The Labute approximate surface area is 339 Å². The molecule has 56 heavy (non-hydrogen) atoms. The molecule has 2 aliphatic rings. The number of halogens is 2. The van der Waals surface area contributed by atoms with E-state index in [0.29, 0.717) is 56.5 Å². The molecule has 8 rings (SSSR count). The first-order chi connectivity index (χ1) is 27.3. The molecule has 11 nitrogen and oxygen atoms in total. The first-order valence-corrected chi connectivity index (χ1v) is 21.3. The fourth-order valence-corrected chi connectivity index (χ4v) is 6.93. The highest BCUT2D eigenvalue weighted by atomic mass is 35.5. The molecule has 2 unspecified atom stereocenters. The van der Waals surface area contributed by atoms with Crippen LogP contribution >= 0.6 is 31.8 Å². The van der Waals surface area contributed by atoms with Gasteiger partial charge in [-0.1, -0.05) is 59.6 Å². The summed E-state index contributed by atoms with van der Waals surface area (Å²) in [6.07, 6.45) is 5.16. The molecular formula is C42H45Cl2N10OP. The van der Waals surface area contributed by atoms with Crippen LogP contribution in [-0.4, -0.2) is 46.4 Å². The number of benzene rings is 4. The van der Waals surface area contributed by atoms with Crippen LogP contribution in [0, 0.1) is 0 Å². The summed E-state index contributed by atoms with van der Waals surface area (Å²) in [5, 5.41) is 21.1. The van der Waals surface area contributed by atoms with Gasteiger partial charge in [0.05, 0.1) is 23.8 Å². The average Bonchev–Trinajstić information content (AvgIpc) is 3.20. The van der Waals surface area contributed by atoms with Crippen molar-refractivity contribution in [2.75, 3.05) is 47.7 Å². The van der Waals surface area contributed by atoms with Gasteiger partial charge in [-0.2, -0.15) is 9.97 Å². The molecule has 0 saturated carbocycles. The normalized spacial score (nSPS) is 15.7. The summed E-state index contributed by atoms with van der Waals surface area (Å²) in [6, 6.07) is 28.4. The Morgan fingerprint density at radius 1 is 0.625 bits per heavy atom. The molecule has 4 aromatic carbocycles. The Hall–Kier alpha value is -5.03. The topological polar surface area (TPSA) is 133 Å². The SMILES string of the molecule is CC1NCCc2ccc(Nc3ncc(Cl)c(Nc4ccccc4Oc4ccccc4Nc4nc(Nc5ccc6c(c5)C(C)NCC6)ncc4Cl)n3)cc21.CPC. The monoisotopic (exact) mass is 806 g/mol. The van der Waals surface area contributed by atoms with Gasteiger partial charge in [0.2, 0.25) is 11.9 Å². The van der Waals surface area contributed by atoms with E-state index >= 15 is 0 Å². The first kappa shape index (κ1) is 39.2. The van der Waals surface area contributed by atoms with E-state index in [4.69, 9.17) is 37.9 Å². The molecule has 0 aliphatic carbocycles. The summed E-state index contributed by atoms with van der Waals surface area (Å²) in [6.45, 7) is 10.6. The fraction of sp³-hybridized carbons (Fsp3) is 0.238. The van der Waals surface area contributed by atoms with Gasteiger partial charge < -0.3 is 36.6 Å². The maximum absolute atomic E-state index is 6.60. The van der Waals surface area contributed by atoms with Crippen LogP contribution in [0.5, 0.6) is 11.5 Å². The molecule has 2 atom stereocenters. The van der Waals surface area contributed by atoms with Gasteiger partial charge in [-0.25, -0.2) is 9.97 Å². The highest BCUT2D eigenvalue weighted by Crippen LogP contribution is 2.38. The molecule has 288 valence electrons. The number of hydrogen-bond acceptors (Lipinski definition) is 11. The summed E-state index contributed by atoms with van der Waals surface area (Å²) < 4.78 is 6.50. The Bertz CT molecular complexity index is 2150. The van der Waals surface area contributed by atoms with Crippen LogP contribution in [0.3, 0.4) is 0 Å². The lowest BCUT2D eigenvalue weighted by molar-refractivity contribution is 0.487. The number of fused-ring (bicyclic) bond motifs is 2. The molecule has 0 amide bonds. The Morgan fingerprint density at radius 3 is 1.50 bits per heavy atom. The second kappa shape index (κ2) is 18.3. The number of rotatable bonds is 10. The summed E-state index contributed by atoms with van der Waals surface area (Å²) >= 11 is 13.2. The molecule has 2 aromatic heterocycles. The van der Waals surface area contributed by atoms with Crippen LogP contribution in [0.15, 0.2) is 97.3 Å². The van der Waals surface area contributed by atoms with Gasteiger partial charge in [-0.3, -0.25) is 0 Å². The number of anilines is 8. The van der Waals surface area contributed by atoms with Crippen molar-refractivity contribution in [3.8, 4) is 11.5 Å². The van der Waals surface area contributed by atoms with E-state index in [1.807, 2.05) is 48.5 Å². The zero-order chi connectivity index (χ0) is 39.0. The highest BCUT2D eigenvalue weighted by Gasteiger charge is 2.19. The van der Waals surface area contributed by atoms with E-state index in [1.165, 1.54) is 22.3 Å². The van der Waals surface area contributed by atoms with Crippen LogP contribution in [0.4, 0.5) is 46.3 Å². The van der Waals surface area contributed by atoms with Gasteiger partial charge >= 0.3 is 0 Å². The van der Waals surface area contributed by atoms with E-state index in [0.717, 1.165) is 45.9 Å². The molecule has 0 fully saturated rings. The minimum Gasteiger partial charge on any atom is -0.453 e. The molecule has 6 N–H and O–H groups in total. The van der Waals surface area contributed by atoms with Crippen molar-refractivity contribution in [3.05, 3.63) is 130 Å². The largest absolute Gasteiger partial charge is 0.453 e. The smallest absolute Gasteiger partial charge is 0.229 e. The summed E-state index contributed by atoms with van der Waals surface area (Å²) in [5.74, 6) is 2.78. The van der Waals surface area contributed by atoms with Crippen LogP contribution in [-0.2, 0) is 12.8 Å². The molecule has 4 heterocycles. The average molecular weight is 808 g/mol. The van der Waals surface area contributed by atoms with Crippen LogP contribution in [0.2, 0.25) is 10.0 Å². The number of nitrogens with one attached hydrogen (secondary N) is 6. The molecule has 14 heteroatoms. The van der Waals surface area contributed by atoms with Crippen molar-refractivity contribution in [1.82, 2.24) is 30.6 Å². The number of nitrogens with zero attached hydrogens (tertiary/aromatic N) is 4. The predicted octanol–water partition coefficient (Wildman–Crippen LogP) is 10.7. The van der Waals surface area contributed by atoms with Crippen molar-refractivity contribution < 1.29 is 4.74 Å². The Morgan fingerprint density at radius 2 is 1.05 bits per heavy atom. The van der Waals surface area contributed by atoms with Gasteiger partial charge in [0.1, 0.15) is 10.0 Å². The summed E-state index contributed by atoms with van der Waals surface area (Å²) in [4.78, 5) is 18.3.